The monoisotopic (exact) mass is 920 g/mol. The first-order chi connectivity index (χ1) is 32.0. The second kappa shape index (κ2) is 37.3. The van der Waals surface area contributed by atoms with Crippen molar-refractivity contribution in [2.24, 2.45) is 21.4 Å². The lowest BCUT2D eigenvalue weighted by Gasteiger charge is -2.13. The van der Waals surface area contributed by atoms with Crippen LogP contribution in [0.3, 0.4) is 0 Å². The molecule has 368 valence electrons. The van der Waals surface area contributed by atoms with Crippen molar-refractivity contribution >= 4 is 35.1 Å². The van der Waals surface area contributed by atoms with Crippen molar-refractivity contribution in [1.29, 1.82) is 0 Å². The summed E-state index contributed by atoms with van der Waals surface area (Å²) in [6.45, 7) is 10.2. The van der Waals surface area contributed by atoms with Gasteiger partial charge in [0.1, 0.15) is 36.5 Å². The zero-order valence-electron chi connectivity index (χ0n) is 40.6. The number of carboxylic acids is 1. The summed E-state index contributed by atoms with van der Waals surface area (Å²) < 4.78 is 16.6. The lowest BCUT2D eigenvalue weighted by molar-refractivity contribution is -0.142. The Kier molecular flexibility index (Phi) is 32.4. The maximum absolute atomic E-state index is 11.9. The SMILES string of the molecule is CCC(=O)NC(CCC(=O)CCCOCCOCC(=O)NCCCC[C@H](C)C(C)=O)C(=O)O.CCCCCCCCCCCCCCCOc1ccc(-c2ccc(C3=NN=NC3)cc2)cc1. The molecule has 0 aromatic heterocycles. The standard InChI is InChI=1S/C29H41N3O.C23H40N2O8/c1-2-3-4-5-6-7-8-9-10-11-12-13-14-23-33-28-21-19-26(20-22-28)25-15-17-27(18-16-25)29-24-30-32-31-29;1-4-21(28)25-20(23(30)31)11-10-19(27)9-7-13-32-14-15-33-16-22(29)24-12-6-5-8-17(2)18(3)26/h15-22H,2-14,23-24H2,1H3;17,20H,4-16H2,1-3H3,(H,24,29)(H,25,28)(H,30,31)/t;17-,20?/m.0/s1. The molecule has 0 aliphatic carbocycles. The third-order valence-electron chi connectivity index (χ3n) is 11.5. The van der Waals surface area contributed by atoms with Gasteiger partial charge in [-0.1, -0.05) is 141 Å². The highest BCUT2D eigenvalue weighted by Gasteiger charge is 2.20. The predicted molar refractivity (Wildman–Crippen MR) is 261 cm³/mol. The van der Waals surface area contributed by atoms with Crippen LogP contribution in [0.5, 0.6) is 5.75 Å². The van der Waals surface area contributed by atoms with Crippen molar-refractivity contribution < 1.29 is 43.3 Å². The zero-order valence-corrected chi connectivity index (χ0v) is 40.6. The lowest BCUT2D eigenvalue weighted by atomic mass is 10.0. The summed E-state index contributed by atoms with van der Waals surface area (Å²) in [6.07, 6.45) is 21.5. The number of aliphatic carboxylic acids is 1. The van der Waals surface area contributed by atoms with E-state index in [0.717, 1.165) is 49.3 Å². The molecular formula is C52H81N5O9. The largest absolute Gasteiger partial charge is 0.494 e. The number of carboxylic acid groups (broad SMARTS) is 1. The van der Waals surface area contributed by atoms with Gasteiger partial charge in [0, 0.05) is 38.3 Å². The molecule has 0 saturated carbocycles. The van der Waals surface area contributed by atoms with E-state index in [4.69, 9.17) is 19.3 Å². The first-order valence-electron chi connectivity index (χ1n) is 24.8. The lowest BCUT2D eigenvalue weighted by Crippen LogP contribution is -2.40. The Morgan fingerprint density at radius 3 is 1.82 bits per heavy atom. The Hall–Kier alpha value is -4.82. The number of ether oxygens (including phenoxy) is 3. The number of Topliss-reactive ketones (excluding diaryl/α,β-unsaturated/α-hetero) is 2. The molecule has 2 atom stereocenters. The van der Waals surface area contributed by atoms with Crippen LogP contribution in [0.25, 0.3) is 11.1 Å². The van der Waals surface area contributed by atoms with Crippen molar-refractivity contribution in [3.8, 4) is 16.9 Å². The number of hydrogen-bond donors (Lipinski definition) is 3. The molecule has 66 heavy (non-hydrogen) atoms. The van der Waals surface area contributed by atoms with Crippen LogP contribution in [0.4, 0.5) is 0 Å². The molecule has 1 aliphatic rings. The molecule has 2 aromatic carbocycles. The van der Waals surface area contributed by atoms with Crippen LogP contribution in [0, 0.1) is 5.92 Å². The van der Waals surface area contributed by atoms with Crippen molar-refractivity contribution in [1.82, 2.24) is 10.6 Å². The number of amides is 2. The summed E-state index contributed by atoms with van der Waals surface area (Å²) in [4.78, 5) is 57.1. The van der Waals surface area contributed by atoms with Crippen LogP contribution in [0.15, 0.2) is 64.0 Å². The first kappa shape index (κ1) is 57.3. The van der Waals surface area contributed by atoms with Gasteiger partial charge >= 0.3 is 5.97 Å². The molecule has 1 heterocycles. The van der Waals surface area contributed by atoms with E-state index in [1.165, 1.54) is 88.2 Å². The zero-order chi connectivity index (χ0) is 48.0. The normalized spacial score (nSPS) is 12.7. The highest BCUT2D eigenvalue weighted by atomic mass is 16.5. The number of carbonyl (C=O) groups excluding carboxylic acids is 4. The van der Waals surface area contributed by atoms with E-state index in [1.807, 2.05) is 6.92 Å². The van der Waals surface area contributed by atoms with Crippen LogP contribution in [0.2, 0.25) is 0 Å². The van der Waals surface area contributed by atoms with E-state index in [-0.39, 0.29) is 68.2 Å². The number of ketones is 2. The molecule has 2 amide bonds. The number of rotatable bonds is 38. The number of carbonyl (C=O) groups is 5. The van der Waals surface area contributed by atoms with Gasteiger partial charge in [-0.05, 0) is 73.1 Å². The Morgan fingerprint density at radius 2 is 1.24 bits per heavy atom. The smallest absolute Gasteiger partial charge is 0.326 e. The van der Waals surface area contributed by atoms with Gasteiger partial charge < -0.3 is 30.0 Å². The summed E-state index contributed by atoms with van der Waals surface area (Å²) in [7, 11) is 0. The quantitative estimate of drug-likeness (QED) is 0.0549. The van der Waals surface area contributed by atoms with E-state index >= 15 is 0 Å². The summed E-state index contributed by atoms with van der Waals surface area (Å²) in [5, 5.41) is 25.9. The number of nitrogens with one attached hydrogen (secondary N) is 2. The Labute approximate surface area is 394 Å². The molecule has 2 aromatic rings. The second-order valence-electron chi connectivity index (χ2n) is 17.1. The maximum atomic E-state index is 11.9. The summed E-state index contributed by atoms with van der Waals surface area (Å²) in [5.74, 6) is -0.595. The fourth-order valence-corrected chi connectivity index (χ4v) is 7.07. The summed E-state index contributed by atoms with van der Waals surface area (Å²) in [5.41, 5.74) is 4.40. The Balaban J connectivity index is 0.000000453. The van der Waals surface area contributed by atoms with E-state index in [2.05, 4.69) is 81.5 Å². The van der Waals surface area contributed by atoms with Crippen LogP contribution in [-0.2, 0) is 33.4 Å². The average Bonchev–Trinajstić information content (AvgIpc) is 3.87. The number of benzene rings is 2. The molecule has 0 saturated heterocycles. The van der Waals surface area contributed by atoms with E-state index in [9.17, 15) is 24.0 Å². The molecule has 1 aliphatic heterocycles. The van der Waals surface area contributed by atoms with Crippen molar-refractivity contribution in [2.75, 3.05) is 46.1 Å². The fourth-order valence-electron chi connectivity index (χ4n) is 7.07. The maximum Gasteiger partial charge on any atom is 0.326 e. The molecule has 0 fully saturated rings. The van der Waals surface area contributed by atoms with Gasteiger partial charge in [0.2, 0.25) is 11.8 Å². The first-order valence-corrected chi connectivity index (χ1v) is 24.8. The minimum Gasteiger partial charge on any atom is -0.494 e. The summed E-state index contributed by atoms with van der Waals surface area (Å²) in [6, 6.07) is 15.8. The number of unbranched alkanes of at least 4 members (excludes halogenated alkanes) is 13. The van der Waals surface area contributed by atoms with Crippen molar-refractivity contribution in [2.45, 2.75) is 169 Å². The van der Waals surface area contributed by atoms with Gasteiger partial charge in [-0.25, -0.2) is 4.79 Å². The van der Waals surface area contributed by atoms with Crippen molar-refractivity contribution in [3.05, 3.63) is 54.1 Å². The minimum atomic E-state index is -1.15. The third kappa shape index (κ3) is 28.3. The molecule has 1 unspecified atom stereocenters. The third-order valence-corrected chi connectivity index (χ3v) is 11.5. The fraction of sp³-hybridized carbons (Fsp3) is 0.654. The van der Waals surface area contributed by atoms with Gasteiger partial charge in [-0.3, -0.25) is 19.2 Å². The second-order valence-corrected chi connectivity index (χ2v) is 17.1. The number of nitrogens with zero attached hydrogens (tertiary/aromatic N) is 3. The minimum absolute atomic E-state index is 0.0506. The van der Waals surface area contributed by atoms with E-state index in [0.29, 0.717) is 32.7 Å². The van der Waals surface area contributed by atoms with Crippen LogP contribution >= 0.6 is 0 Å². The van der Waals surface area contributed by atoms with Gasteiger partial charge in [0.25, 0.3) is 0 Å². The van der Waals surface area contributed by atoms with Gasteiger partial charge in [0.15, 0.2) is 0 Å². The van der Waals surface area contributed by atoms with Gasteiger partial charge in [-0.15, -0.1) is 5.10 Å². The molecule has 0 radical (unpaired) electrons. The van der Waals surface area contributed by atoms with Crippen molar-refractivity contribution in [3.63, 3.8) is 0 Å². The molecule has 0 bridgehead atoms. The molecule has 0 spiro atoms. The molecule has 3 rings (SSSR count). The summed E-state index contributed by atoms with van der Waals surface area (Å²) >= 11 is 0. The van der Waals surface area contributed by atoms with E-state index < -0.39 is 12.0 Å². The van der Waals surface area contributed by atoms with E-state index in [1.54, 1.807) is 13.8 Å². The van der Waals surface area contributed by atoms with Gasteiger partial charge in [-0.2, -0.15) is 5.11 Å². The Bertz CT molecular complexity index is 1720. The van der Waals surface area contributed by atoms with Crippen LogP contribution < -0.4 is 15.4 Å². The Morgan fingerprint density at radius 1 is 0.652 bits per heavy atom. The molecular weight excluding hydrogens is 839 g/mol. The van der Waals surface area contributed by atoms with Crippen LogP contribution in [-0.4, -0.2) is 92.3 Å². The predicted octanol–water partition coefficient (Wildman–Crippen LogP) is 10.6. The highest BCUT2D eigenvalue weighted by Crippen LogP contribution is 2.24. The topological polar surface area (TPSA) is 194 Å². The highest BCUT2D eigenvalue weighted by molar-refractivity contribution is 6.02. The average molecular weight is 920 g/mol. The molecule has 3 N–H and O–H groups in total. The molecule has 14 heteroatoms. The van der Waals surface area contributed by atoms with Crippen LogP contribution in [0.1, 0.15) is 168 Å². The van der Waals surface area contributed by atoms with Gasteiger partial charge in [0.05, 0.1) is 25.5 Å². The molecule has 14 nitrogen and oxygen atoms in total. The number of hydrogen-bond acceptors (Lipinski definition) is 11.